The van der Waals surface area contributed by atoms with Gasteiger partial charge in [0, 0.05) is 16.7 Å². The average Bonchev–Trinajstić information content (AvgIpc) is 2.61. The molecule has 0 saturated heterocycles. The van der Waals surface area contributed by atoms with Crippen molar-refractivity contribution in [3.05, 3.63) is 70.8 Å². The second-order valence-corrected chi connectivity index (χ2v) is 7.21. The van der Waals surface area contributed by atoms with Crippen LogP contribution < -0.4 is 10.6 Å². The molecule has 1 aliphatic rings. The zero-order chi connectivity index (χ0) is 18.7. The number of carbonyl (C=O) groups excluding carboxylic acids is 1. The highest BCUT2D eigenvalue weighted by Crippen LogP contribution is 2.41. The summed E-state index contributed by atoms with van der Waals surface area (Å²) in [4.78, 5) is 12.6. The summed E-state index contributed by atoms with van der Waals surface area (Å²) in [7, 11) is 0. The van der Waals surface area contributed by atoms with Gasteiger partial charge in [-0.05, 0) is 36.1 Å². The van der Waals surface area contributed by atoms with Gasteiger partial charge < -0.3 is 10.6 Å². The average molecular weight is 345 g/mol. The minimum Gasteiger partial charge on any atom is -0.308 e. The minimum absolute atomic E-state index is 0.325. The fourth-order valence-corrected chi connectivity index (χ4v) is 3.39. The monoisotopic (exact) mass is 345 g/mol. The lowest BCUT2D eigenvalue weighted by Crippen LogP contribution is -2.34. The number of hydrogen-bond donors (Lipinski definition) is 2. The standard InChI is InChI=1S/C22H23N3O/c1-4-15-9-11-17(12-10-15)24-21(26)25-20-18-8-6-5-7-16(18)13-22(2,3)19(20)14-23/h5-12H,4,13H2,1-3H3,(H2,24,25,26). The van der Waals surface area contributed by atoms with Crippen LogP contribution in [-0.2, 0) is 12.8 Å². The van der Waals surface area contributed by atoms with E-state index in [0.717, 1.165) is 29.7 Å². The fraction of sp³-hybridized carbons (Fsp3) is 0.273. The Morgan fingerprint density at radius 1 is 1.12 bits per heavy atom. The second kappa shape index (κ2) is 7.05. The molecule has 0 bridgehead atoms. The van der Waals surface area contributed by atoms with Crippen molar-refractivity contribution in [3.63, 3.8) is 0 Å². The Labute approximate surface area is 154 Å². The SMILES string of the molecule is CCc1ccc(NC(=O)NC2=C(C#N)C(C)(C)Cc3ccccc32)cc1. The molecule has 26 heavy (non-hydrogen) atoms. The van der Waals surface area contributed by atoms with E-state index in [-0.39, 0.29) is 11.4 Å². The van der Waals surface area contributed by atoms with Crippen molar-refractivity contribution in [2.24, 2.45) is 5.41 Å². The summed E-state index contributed by atoms with van der Waals surface area (Å²) in [5.41, 5.74) is 4.87. The molecule has 4 nitrogen and oxygen atoms in total. The van der Waals surface area contributed by atoms with Crippen LogP contribution in [-0.4, -0.2) is 6.03 Å². The smallest absolute Gasteiger partial charge is 0.308 e. The number of carbonyl (C=O) groups is 1. The molecule has 1 aliphatic carbocycles. The summed E-state index contributed by atoms with van der Waals surface area (Å²) in [5, 5.41) is 15.5. The third-order valence-electron chi connectivity index (χ3n) is 4.82. The van der Waals surface area contributed by atoms with Gasteiger partial charge in [0.05, 0.1) is 17.3 Å². The molecule has 0 aromatic heterocycles. The first-order valence-electron chi connectivity index (χ1n) is 8.84. The molecule has 0 atom stereocenters. The van der Waals surface area contributed by atoms with Gasteiger partial charge in [0.15, 0.2) is 0 Å². The van der Waals surface area contributed by atoms with E-state index in [1.54, 1.807) is 0 Å². The van der Waals surface area contributed by atoms with Gasteiger partial charge >= 0.3 is 6.03 Å². The molecule has 0 aliphatic heterocycles. The van der Waals surface area contributed by atoms with Gasteiger partial charge in [-0.2, -0.15) is 5.26 Å². The van der Waals surface area contributed by atoms with Crippen LogP contribution in [0.5, 0.6) is 0 Å². The molecule has 132 valence electrons. The number of aryl methyl sites for hydroxylation is 1. The third kappa shape index (κ3) is 3.48. The van der Waals surface area contributed by atoms with Gasteiger partial charge in [-0.25, -0.2) is 4.79 Å². The number of nitrogens with zero attached hydrogens (tertiary/aromatic N) is 1. The van der Waals surface area contributed by atoms with Crippen LogP contribution in [0.25, 0.3) is 5.70 Å². The maximum atomic E-state index is 12.6. The zero-order valence-electron chi connectivity index (χ0n) is 15.4. The normalized spacial score (nSPS) is 15.0. The number of fused-ring (bicyclic) bond motifs is 1. The zero-order valence-corrected chi connectivity index (χ0v) is 15.4. The first kappa shape index (κ1) is 17.8. The molecule has 2 aromatic rings. The quantitative estimate of drug-likeness (QED) is 0.832. The number of hydrogen-bond acceptors (Lipinski definition) is 2. The van der Waals surface area contributed by atoms with Crippen molar-refractivity contribution in [2.45, 2.75) is 33.6 Å². The molecule has 2 amide bonds. The van der Waals surface area contributed by atoms with Crippen molar-refractivity contribution in [1.82, 2.24) is 5.32 Å². The van der Waals surface area contributed by atoms with E-state index in [9.17, 15) is 10.1 Å². The first-order chi connectivity index (χ1) is 12.4. The van der Waals surface area contributed by atoms with Crippen molar-refractivity contribution in [2.75, 3.05) is 5.32 Å². The van der Waals surface area contributed by atoms with Gasteiger partial charge in [0.25, 0.3) is 0 Å². The van der Waals surface area contributed by atoms with E-state index < -0.39 is 0 Å². The van der Waals surface area contributed by atoms with E-state index in [2.05, 4.69) is 23.6 Å². The Morgan fingerprint density at radius 3 is 2.46 bits per heavy atom. The van der Waals surface area contributed by atoms with Gasteiger partial charge in [0.1, 0.15) is 0 Å². The number of nitrogens with one attached hydrogen (secondary N) is 2. The Bertz CT molecular complexity index is 902. The molecule has 2 N–H and O–H groups in total. The second-order valence-electron chi connectivity index (χ2n) is 7.21. The van der Waals surface area contributed by atoms with E-state index in [1.165, 1.54) is 5.56 Å². The molecule has 0 saturated carbocycles. The molecule has 0 fully saturated rings. The van der Waals surface area contributed by atoms with E-state index in [4.69, 9.17) is 0 Å². The van der Waals surface area contributed by atoms with Crippen LogP contribution in [0.2, 0.25) is 0 Å². The molecule has 0 unspecified atom stereocenters. The summed E-state index contributed by atoms with van der Waals surface area (Å²) >= 11 is 0. The maximum Gasteiger partial charge on any atom is 0.323 e. The van der Waals surface area contributed by atoms with Gasteiger partial charge in [0.2, 0.25) is 0 Å². The van der Waals surface area contributed by atoms with Gasteiger partial charge in [-0.1, -0.05) is 57.2 Å². The van der Waals surface area contributed by atoms with Crippen LogP contribution in [0, 0.1) is 16.7 Å². The topological polar surface area (TPSA) is 64.9 Å². The number of anilines is 1. The summed E-state index contributed by atoms with van der Waals surface area (Å²) < 4.78 is 0. The molecule has 0 spiro atoms. The maximum absolute atomic E-state index is 12.6. The number of benzene rings is 2. The number of rotatable bonds is 3. The summed E-state index contributed by atoms with van der Waals surface area (Å²) in [6.45, 7) is 6.16. The highest BCUT2D eigenvalue weighted by Gasteiger charge is 2.34. The Morgan fingerprint density at radius 2 is 1.81 bits per heavy atom. The van der Waals surface area contributed by atoms with Gasteiger partial charge in [-0.3, -0.25) is 0 Å². The Kier molecular flexibility index (Phi) is 4.81. The third-order valence-corrected chi connectivity index (χ3v) is 4.82. The predicted molar refractivity (Wildman–Crippen MR) is 104 cm³/mol. The first-order valence-corrected chi connectivity index (χ1v) is 8.84. The largest absolute Gasteiger partial charge is 0.323 e. The molecular formula is C22H23N3O. The van der Waals surface area contributed by atoms with Crippen LogP contribution in [0.15, 0.2) is 54.1 Å². The van der Waals surface area contributed by atoms with Crippen molar-refractivity contribution >= 4 is 17.4 Å². The van der Waals surface area contributed by atoms with Crippen LogP contribution in [0.4, 0.5) is 10.5 Å². The van der Waals surface area contributed by atoms with Crippen molar-refractivity contribution in [1.29, 1.82) is 5.26 Å². The minimum atomic E-state index is -0.343. The molecule has 4 heteroatoms. The Hall–Kier alpha value is -3.06. The van der Waals surface area contributed by atoms with Crippen LogP contribution >= 0.6 is 0 Å². The number of allylic oxidation sites excluding steroid dienone is 1. The predicted octanol–water partition coefficient (Wildman–Crippen LogP) is 4.89. The van der Waals surface area contributed by atoms with E-state index >= 15 is 0 Å². The van der Waals surface area contributed by atoms with Gasteiger partial charge in [-0.15, -0.1) is 0 Å². The van der Waals surface area contributed by atoms with Crippen LogP contribution in [0.3, 0.4) is 0 Å². The molecular weight excluding hydrogens is 322 g/mol. The molecule has 2 aromatic carbocycles. The molecule has 0 radical (unpaired) electrons. The highest BCUT2D eigenvalue weighted by atomic mass is 16.2. The summed E-state index contributed by atoms with van der Waals surface area (Å²) in [5.74, 6) is 0. The molecule has 0 heterocycles. The van der Waals surface area contributed by atoms with Crippen molar-refractivity contribution < 1.29 is 4.79 Å². The lowest BCUT2D eigenvalue weighted by molar-refractivity contribution is 0.255. The number of amides is 2. The molecule has 3 rings (SSSR count). The number of nitriles is 1. The lowest BCUT2D eigenvalue weighted by atomic mass is 9.72. The fourth-order valence-electron chi connectivity index (χ4n) is 3.39. The summed E-state index contributed by atoms with van der Waals surface area (Å²) in [6.07, 6.45) is 1.73. The van der Waals surface area contributed by atoms with Crippen molar-refractivity contribution in [3.8, 4) is 6.07 Å². The van der Waals surface area contributed by atoms with Crippen LogP contribution in [0.1, 0.15) is 37.5 Å². The number of urea groups is 1. The lowest BCUT2D eigenvalue weighted by Gasteiger charge is -2.33. The van der Waals surface area contributed by atoms with E-state index in [0.29, 0.717) is 11.3 Å². The summed E-state index contributed by atoms with van der Waals surface area (Å²) in [6, 6.07) is 17.6. The van der Waals surface area contributed by atoms with E-state index in [1.807, 2.05) is 62.4 Å². The highest BCUT2D eigenvalue weighted by molar-refractivity contribution is 5.97. The Balaban J connectivity index is 1.89.